The van der Waals surface area contributed by atoms with Gasteiger partial charge in [0.1, 0.15) is 18.3 Å². The summed E-state index contributed by atoms with van der Waals surface area (Å²) in [7, 11) is -3.17. The number of hydrogen-bond donors (Lipinski definition) is 3. The lowest BCUT2D eigenvalue weighted by atomic mass is 10.1. The average Bonchev–Trinajstić information content (AvgIpc) is 3.46. The van der Waals surface area contributed by atoms with Gasteiger partial charge in [-0.05, 0) is 18.0 Å². The van der Waals surface area contributed by atoms with Crippen LogP contribution in [0.3, 0.4) is 0 Å². The van der Waals surface area contributed by atoms with Gasteiger partial charge in [-0.1, -0.05) is 19.0 Å². The van der Waals surface area contributed by atoms with Crippen LogP contribution in [-0.4, -0.2) is 73.6 Å². The lowest BCUT2D eigenvalue weighted by molar-refractivity contribution is -0.0434. The van der Waals surface area contributed by atoms with E-state index in [4.69, 9.17) is 20.9 Å². The van der Waals surface area contributed by atoms with Crippen LogP contribution in [0.4, 0.5) is 5.82 Å². The van der Waals surface area contributed by atoms with Gasteiger partial charge in [-0.25, -0.2) is 13.4 Å². The largest absolute Gasteiger partial charge is 0.387 e. The van der Waals surface area contributed by atoms with Crippen LogP contribution in [0.5, 0.6) is 0 Å². The molecule has 0 amide bonds. The molecule has 1 aliphatic heterocycles. The predicted molar refractivity (Wildman–Crippen MR) is 114 cm³/mol. The summed E-state index contributed by atoms with van der Waals surface area (Å²) in [5.41, 5.74) is 1.25. The van der Waals surface area contributed by atoms with Gasteiger partial charge in [0.15, 0.2) is 38.8 Å². The molecule has 4 heterocycles. The van der Waals surface area contributed by atoms with E-state index in [0.29, 0.717) is 23.4 Å². The standard InChI is InChI=1S/C18H23ClN6O6S/c1-3-9-7-10(31-24-9)14-12(26)13(27)17(30-14)25-8-21-11-15(22-18(19)23-16(11)25)20-5-6-32(28,29)4-2/h7-8,12-14,17,26-27H,3-6H2,1-2H3,(H,20,22,23)/t12-,13+,14-,17-/m1/s1. The molecule has 3 aromatic rings. The number of sulfone groups is 1. The first kappa shape index (κ1) is 22.9. The molecule has 1 fully saturated rings. The van der Waals surface area contributed by atoms with Crippen molar-refractivity contribution < 1.29 is 27.9 Å². The minimum Gasteiger partial charge on any atom is -0.387 e. The minimum absolute atomic E-state index is 0.0363. The molecular formula is C18H23ClN6O6S. The van der Waals surface area contributed by atoms with E-state index in [9.17, 15) is 18.6 Å². The number of nitrogens with zero attached hydrogens (tertiary/aromatic N) is 5. The van der Waals surface area contributed by atoms with Gasteiger partial charge in [-0.15, -0.1) is 0 Å². The van der Waals surface area contributed by atoms with Crippen molar-refractivity contribution in [1.29, 1.82) is 0 Å². The van der Waals surface area contributed by atoms with E-state index in [0.717, 1.165) is 0 Å². The number of anilines is 1. The van der Waals surface area contributed by atoms with Crippen LogP contribution in [0.15, 0.2) is 16.9 Å². The van der Waals surface area contributed by atoms with Crippen LogP contribution in [0.2, 0.25) is 5.28 Å². The van der Waals surface area contributed by atoms with E-state index in [-0.39, 0.29) is 34.8 Å². The van der Waals surface area contributed by atoms with E-state index < -0.39 is 34.4 Å². The summed E-state index contributed by atoms with van der Waals surface area (Å²) in [5.74, 6) is 0.502. The van der Waals surface area contributed by atoms with Crippen LogP contribution < -0.4 is 5.32 Å². The van der Waals surface area contributed by atoms with Crippen molar-refractivity contribution in [3.8, 4) is 0 Å². The van der Waals surface area contributed by atoms with Gasteiger partial charge in [-0.3, -0.25) is 4.57 Å². The first-order chi connectivity index (χ1) is 15.2. The summed E-state index contributed by atoms with van der Waals surface area (Å²) in [5, 5.41) is 27.9. The third-order valence-corrected chi connectivity index (χ3v) is 7.15. The van der Waals surface area contributed by atoms with Crippen LogP contribution in [0, 0.1) is 0 Å². The van der Waals surface area contributed by atoms with Gasteiger partial charge in [-0.2, -0.15) is 9.97 Å². The number of nitrogens with one attached hydrogen (secondary N) is 1. The number of imidazole rings is 1. The Balaban J connectivity index is 1.61. The highest BCUT2D eigenvalue weighted by Gasteiger charge is 2.46. The van der Waals surface area contributed by atoms with E-state index in [1.807, 2.05) is 6.92 Å². The first-order valence-corrected chi connectivity index (χ1v) is 12.3. The number of fused-ring (bicyclic) bond motifs is 1. The number of aliphatic hydroxyl groups excluding tert-OH is 2. The molecule has 14 heteroatoms. The SMILES string of the molecule is CCc1cc([C@H]2O[C@@H](n3cnc4c(NCCS(=O)(=O)CC)nc(Cl)nc43)[C@@H](O)[C@H]2O)on1. The van der Waals surface area contributed by atoms with Gasteiger partial charge >= 0.3 is 0 Å². The fourth-order valence-electron chi connectivity index (χ4n) is 3.42. The fourth-order valence-corrected chi connectivity index (χ4v) is 4.29. The third kappa shape index (κ3) is 4.30. The molecule has 0 radical (unpaired) electrons. The maximum Gasteiger partial charge on any atom is 0.226 e. The number of halogens is 1. The molecule has 3 aromatic heterocycles. The number of aliphatic hydroxyl groups is 2. The molecule has 0 aromatic carbocycles. The van der Waals surface area contributed by atoms with E-state index in [1.165, 1.54) is 10.9 Å². The van der Waals surface area contributed by atoms with Gasteiger partial charge in [0, 0.05) is 18.4 Å². The van der Waals surface area contributed by atoms with Gasteiger partial charge in [0.05, 0.1) is 17.8 Å². The maximum atomic E-state index is 11.7. The highest BCUT2D eigenvalue weighted by molar-refractivity contribution is 7.91. The molecule has 32 heavy (non-hydrogen) atoms. The Bertz CT molecular complexity index is 1210. The lowest BCUT2D eigenvalue weighted by Gasteiger charge is -2.16. The predicted octanol–water partition coefficient (Wildman–Crippen LogP) is 0.869. The molecule has 4 atom stereocenters. The highest BCUT2D eigenvalue weighted by Crippen LogP contribution is 2.40. The Morgan fingerprint density at radius 1 is 1.25 bits per heavy atom. The number of hydrogen-bond acceptors (Lipinski definition) is 11. The Labute approximate surface area is 188 Å². The van der Waals surface area contributed by atoms with E-state index >= 15 is 0 Å². The molecule has 0 unspecified atom stereocenters. The minimum atomic E-state index is -3.17. The molecule has 12 nitrogen and oxygen atoms in total. The smallest absolute Gasteiger partial charge is 0.226 e. The van der Waals surface area contributed by atoms with Gasteiger partial charge in [0.25, 0.3) is 0 Å². The molecule has 0 bridgehead atoms. The zero-order chi connectivity index (χ0) is 23.0. The Morgan fingerprint density at radius 2 is 2.03 bits per heavy atom. The second kappa shape index (κ2) is 8.90. The molecule has 1 saturated heterocycles. The molecule has 0 aliphatic carbocycles. The normalized spacial score (nSPS) is 23.8. The van der Waals surface area contributed by atoms with Crippen LogP contribution in [0.25, 0.3) is 11.2 Å². The summed E-state index contributed by atoms with van der Waals surface area (Å²) < 4.78 is 36.0. The van der Waals surface area contributed by atoms with Crippen molar-refractivity contribution in [2.45, 2.75) is 44.8 Å². The first-order valence-electron chi connectivity index (χ1n) is 10.1. The van der Waals surface area contributed by atoms with Crippen molar-refractivity contribution >= 4 is 38.4 Å². The molecule has 0 spiro atoms. The second-order valence-electron chi connectivity index (χ2n) is 7.33. The van der Waals surface area contributed by atoms with Crippen molar-refractivity contribution in [3.05, 3.63) is 29.1 Å². The number of aryl methyl sites for hydroxylation is 1. The average molecular weight is 487 g/mol. The summed E-state index contributed by atoms with van der Waals surface area (Å²) in [6.45, 7) is 3.60. The van der Waals surface area contributed by atoms with Gasteiger partial charge in [0.2, 0.25) is 5.28 Å². The number of ether oxygens (including phenoxy) is 1. The van der Waals surface area contributed by atoms with Crippen LogP contribution in [0.1, 0.15) is 37.6 Å². The monoisotopic (exact) mass is 486 g/mol. The maximum absolute atomic E-state index is 11.7. The Kier molecular flexibility index (Phi) is 6.36. The molecule has 3 N–H and O–H groups in total. The van der Waals surface area contributed by atoms with Crippen molar-refractivity contribution in [2.75, 3.05) is 23.4 Å². The van der Waals surface area contributed by atoms with Crippen molar-refractivity contribution in [2.24, 2.45) is 0 Å². The zero-order valence-corrected chi connectivity index (χ0v) is 18.9. The number of aromatic nitrogens is 5. The zero-order valence-electron chi connectivity index (χ0n) is 17.3. The highest BCUT2D eigenvalue weighted by atomic mass is 35.5. The van der Waals surface area contributed by atoms with Crippen LogP contribution in [-0.2, 0) is 21.0 Å². The third-order valence-electron chi connectivity index (χ3n) is 5.27. The van der Waals surface area contributed by atoms with Gasteiger partial charge < -0.3 is 24.8 Å². The van der Waals surface area contributed by atoms with Crippen LogP contribution >= 0.6 is 11.6 Å². The fraction of sp³-hybridized carbons (Fsp3) is 0.556. The summed E-state index contributed by atoms with van der Waals surface area (Å²) >= 11 is 6.07. The summed E-state index contributed by atoms with van der Waals surface area (Å²) in [6, 6.07) is 1.67. The topological polar surface area (TPSA) is 165 Å². The van der Waals surface area contributed by atoms with Crippen molar-refractivity contribution in [1.82, 2.24) is 24.7 Å². The lowest BCUT2D eigenvalue weighted by Crippen LogP contribution is -2.28. The number of rotatable bonds is 8. The Hall–Kier alpha value is -2.32. The Morgan fingerprint density at radius 3 is 2.72 bits per heavy atom. The molecular weight excluding hydrogens is 464 g/mol. The summed E-state index contributed by atoms with van der Waals surface area (Å²) in [6.07, 6.45) is -2.53. The van der Waals surface area contributed by atoms with Crippen molar-refractivity contribution in [3.63, 3.8) is 0 Å². The molecule has 1 aliphatic rings. The van der Waals surface area contributed by atoms with E-state index in [1.54, 1.807) is 13.0 Å². The summed E-state index contributed by atoms with van der Waals surface area (Å²) in [4.78, 5) is 12.5. The second-order valence-corrected chi connectivity index (χ2v) is 10.1. The molecule has 174 valence electrons. The quantitative estimate of drug-likeness (QED) is 0.386. The molecule has 0 saturated carbocycles. The van der Waals surface area contributed by atoms with E-state index in [2.05, 4.69) is 25.4 Å². The molecule has 4 rings (SSSR count).